The number of aliphatic hydroxyl groups is 1. The van der Waals surface area contributed by atoms with Crippen LogP contribution in [0.25, 0.3) is 0 Å². The first-order valence-electron chi connectivity index (χ1n) is 27.4. The van der Waals surface area contributed by atoms with Crippen molar-refractivity contribution in [3.63, 3.8) is 0 Å². The number of carbonyl (C=O) groups is 7. The minimum atomic E-state index is -1.15. The summed E-state index contributed by atoms with van der Waals surface area (Å²) in [4.78, 5) is 94.9. The van der Waals surface area contributed by atoms with Gasteiger partial charge in [0.25, 0.3) is 0 Å². The third-order valence-corrected chi connectivity index (χ3v) is 15.9. The third kappa shape index (κ3) is 18.0. The molecule has 2 heterocycles. The van der Waals surface area contributed by atoms with Crippen LogP contribution in [0.4, 0.5) is 4.79 Å². The molecule has 1 spiro atoms. The Morgan fingerprint density at radius 1 is 0.829 bits per heavy atom. The minimum absolute atomic E-state index is 0.0103. The van der Waals surface area contributed by atoms with Crippen LogP contribution in [0, 0.1) is 34.0 Å². The maximum absolute atomic E-state index is 14.1. The Bertz CT molecular complexity index is 2180. The average Bonchev–Trinajstić information content (AvgIpc) is 4.27. The number of allylic oxidation sites excluding steroid dienone is 1. The summed E-state index contributed by atoms with van der Waals surface area (Å²) in [6.45, 7) is 25.1. The van der Waals surface area contributed by atoms with Gasteiger partial charge in [0.2, 0.25) is 35.4 Å². The Hall–Kier alpha value is -5.11. The fourth-order valence-electron chi connectivity index (χ4n) is 11.0. The highest BCUT2D eigenvalue weighted by Gasteiger charge is 2.72. The molecule has 7 unspecified atom stereocenters. The quantitative estimate of drug-likeness (QED) is 0.0294. The molecule has 11 atom stereocenters. The second-order valence-corrected chi connectivity index (χ2v) is 24.0. The lowest BCUT2D eigenvalue weighted by Crippen LogP contribution is -2.56. The molecule has 8 N–H and O–H groups in total. The predicted octanol–water partition coefficient (Wildman–Crippen LogP) is 4.78. The summed E-state index contributed by atoms with van der Waals surface area (Å²) >= 11 is 0. The van der Waals surface area contributed by atoms with Gasteiger partial charge in [0.1, 0.15) is 35.5 Å². The summed E-state index contributed by atoms with van der Waals surface area (Å²) in [5.41, 5.74) is -1.25. The lowest BCUT2D eigenvalue weighted by atomic mass is 9.61. The first-order valence-corrected chi connectivity index (χ1v) is 27.4. The van der Waals surface area contributed by atoms with E-state index in [1.165, 1.54) is 5.57 Å². The number of epoxide rings is 2. The summed E-state index contributed by atoms with van der Waals surface area (Å²) in [5, 5.41) is 29.0. The summed E-state index contributed by atoms with van der Waals surface area (Å²) in [6, 6.07) is 6.80. The van der Waals surface area contributed by atoms with Crippen molar-refractivity contribution in [2.24, 2.45) is 34.0 Å². The number of methoxy groups -OCH3 is 1. The van der Waals surface area contributed by atoms with Crippen LogP contribution >= 0.6 is 0 Å². The summed E-state index contributed by atoms with van der Waals surface area (Å²) < 4.78 is 24.1. The van der Waals surface area contributed by atoms with E-state index >= 15 is 0 Å². The number of alkyl carbamates (subject to hydrolysis) is 1. The molecule has 0 bridgehead atoms. The van der Waals surface area contributed by atoms with Gasteiger partial charge in [-0.25, -0.2) is 4.79 Å². The van der Waals surface area contributed by atoms with Gasteiger partial charge in [-0.3, -0.25) is 28.8 Å². The number of hydrogen-bond donors (Lipinski definition) is 8. The van der Waals surface area contributed by atoms with Gasteiger partial charge < -0.3 is 61.3 Å². The molecule has 428 valence electrons. The number of nitrogens with one attached hydrogen (secondary N) is 7. The van der Waals surface area contributed by atoms with Crippen LogP contribution in [-0.4, -0.2) is 141 Å². The Labute approximate surface area is 452 Å². The van der Waals surface area contributed by atoms with E-state index in [1.807, 2.05) is 26.8 Å². The smallest absolute Gasteiger partial charge is 0.407 e. The number of aliphatic hydroxyl groups excluding tert-OH is 1. The third-order valence-electron chi connectivity index (χ3n) is 15.9. The monoisotopic (exact) mass is 1070 g/mol. The molecule has 7 amide bonds. The molecule has 19 nitrogen and oxygen atoms in total. The van der Waals surface area contributed by atoms with E-state index < -0.39 is 95.5 Å². The van der Waals surface area contributed by atoms with Gasteiger partial charge in [-0.1, -0.05) is 111 Å². The van der Waals surface area contributed by atoms with Crippen molar-refractivity contribution in [1.82, 2.24) is 37.2 Å². The van der Waals surface area contributed by atoms with E-state index in [2.05, 4.69) is 91.8 Å². The normalized spacial score (nSPS) is 24.6. The molecule has 0 aromatic heterocycles. The number of carbonyl (C=O) groups excluding carboxylic acids is 7. The number of rotatable bonds is 30. The molecule has 1 saturated carbocycles. The van der Waals surface area contributed by atoms with Crippen LogP contribution in [0.5, 0.6) is 0 Å². The Morgan fingerprint density at radius 3 is 2.05 bits per heavy atom. The standard InChI is InChI=1S/C57H93N7O12/c1-15-54(11,37(6)7)33-55(12,51(71)61-29-38(8)65)32-53(9,10)50(70)62-31-45(67)63-41(28-39-19-17-16-18-20-39)49(69)64-40(27-36(4)5)48(68)60-30-44(66)58-25-26-59-52(72)75-42-23-24-57(34-74-57)47(46(42)73-14)56(13)43(76-56)22-21-35(2)3/h16-21,36-38,40-43,46-47,65H,15,22-34H2,1-14H3,(H,58,66)(H,59,72)(H,60,68)(H,61,71)(H,62,70)(H,63,67)(H,64,69)/t38?,40-,41-,42?,43+,46?,47?,54?,55?,56?,57-/m0/s1. The first-order chi connectivity index (χ1) is 35.5. The topological polar surface area (TPSA) is 267 Å². The summed E-state index contributed by atoms with van der Waals surface area (Å²) in [7, 11) is 1.61. The van der Waals surface area contributed by atoms with Crippen molar-refractivity contribution in [1.29, 1.82) is 0 Å². The zero-order valence-corrected chi connectivity index (χ0v) is 48.0. The second-order valence-electron chi connectivity index (χ2n) is 24.0. The molecule has 1 aromatic rings. The Morgan fingerprint density at radius 2 is 1.47 bits per heavy atom. The highest BCUT2D eigenvalue weighted by atomic mass is 16.6. The van der Waals surface area contributed by atoms with E-state index in [1.54, 1.807) is 52.1 Å². The van der Waals surface area contributed by atoms with Crippen molar-refractivity contribution in [2.75, 3.05) is 46.4 Å². The highest BCUT2D eigenvalue weighted by Crippen LogP contribution is 2.59. The molecule has 2 aliphatic heterocycles. The van der Waals surface area contributed by atoms with Crippen LogP contribution in [0.3, 0.4) is 0 Å². The van der Waals surface area contributed by atoms with Crippen LogP contribution in [-0.2, 0) is 54.1 Å². The van der Waals surface area contributed by atoms with Crippen molar-refractivity contribution in [3.8, 4) is 0 Å². The Balaban J connectivity index is 1.31. The maximum Gasteiger partial charge on any atom is 0.407 e. The highest BCUT2D eigenvalue weighted by molar-refractivity contribution is 5.95. The van der Waals surface area contributed by atoms with Crippen LogP contribution < -0.4 is 37.2 Å². The largest absolute Gasteiger partial charge is 0.443 e. The minimum Gasteiger partial charge on any atom is -0.443 e. The molecule has 4 rings (SSSR count). The summed E-state index contributed by atoms with van der Waals surface area (Å²) in [5.74, 6) is -3.11. The number of ether oxygens (including phenoxy) is 4. The molecule has 19 heteroatoms. The van der Waals surface area contributed by atoms with Gasteiger partial charge in [0.05, 0.1) is 37.8 Å². The fraction of sp³-hybridized carbons (Fsp3) is 0.737. The zero-order chi connectivity index (χ0) is 56.8. The molecule has 3 fully saturated rings. The number of benzene rings is 1. The van der Waals surface area contributed by atoms with Gasteiger partial charge in [-0.2, -0.15) is 0 Å². The maximum atomic E-state index is 14.1. The van der Waals surface area contributed by atoms with Crippen molar-refractivity contribution >= 4 is 41.5 Å². The van der Waals surface area contributed by atoms with Gasteiger partial charge in [-0.05, 0) is 89.0 Å². The lowest BCUT2D eigenvalue weighted by Gasteiger charge is -2.43. The molecule has 3 aliphatic rings. The Kier molecular flexibility index (Phi) is 22.9. The van der Waals surface area contributed by atoms with Crippen LogP contribution in [0.15, 0.2) is 42.0 Å². The van der Waals surface area contributed by atoms with Gasteiger partial charge in [0, 0.05) is 44.0 Å². The first kappa shape index (κ1) is 63.4. The zero-order valence-electron chi connectivity index (χ0n) is 48.0. The lowest BCUT2D eigenvalue weighted by molar-refractivity contribution is -0.140. The van der Waals surface area contributed by atoms with Crippen molar-refractivity contribution < 1.29 is 57.6 Å². The molecule has 0 radical (unpaired) electrons. The van der Waals surface area contributed by atoms with Crippen molar-refractivity contribution in [2.45, 2.75) is 189 Å². The predicted molar refractivity (Wildman–Crippen MR) is 289 cm³/mol. The molecule has 1 aliphatic carbocycles. The fourth-order valence-corrected chi connectivity index (χ4v) is 11.0. The van der Waals surface area contributed by atoms with Gasteiger partial charge in [0.15, 0.2) is 0 Å². The van der Waals surface area contributed by atoms with Gasteiger partial charge in [-0.15, -0.1) is 0 Å². The van der Waals surface area contributed by atoms with Crippen LogP contribution in [0.2, 0.25) is 0 Å². The van der Waals surface area contributed by atoms with E-state index in [9.17, 15) is 38.7 Å². The molecule has 2 saturated heterocycles. The van der Waals surface area contributed by atoms with E-state index in [0.717, 1.165) is 18.4 Å². The molecule has 76 heavy (non-hydrogen) atoms. The molecular weight excluding hydrogens is 975 g/mol. The second kappa shape index (κ2) is 27.5. The average molecular weight is 1070 g/mol. The summed E-state index contributed by atoms with van der Waals surface area (Å²) in [6.07, 6.45) is 3.54. The number of amides is 7. The number of hydrogen-bond acceptors (Lipinski definition) is 12. The van der Waals surface area contributed by atoms with E-state index in [-0.39, 0.29) is 79.7 Å². The van der Waals surface area contributed by atoms with E-state index in [0.29, 0.717) is 25.9 Å². The molecule has 1 aromatic carbocycles. The molecular formula is C57H93N7O12. The van der Waals surface area contributed by atoms with Crippen molar-refractivity contribution in [3.05, 3.63) is 47.5 Å². The van der Waals surface area contributed by atoms with Crippen LogP contribution in [0.1, 0.15) is 141 Å². The SMILES string of the molecule is CCC(C)(CC(C)(CC(C)(C)C(=O)NCC(=O)N[C@@H](Cc1ccccc1)C(=O)N[C@@H](CC(C)C)C(=O)NCC(=O)NCCNC(=O)OC1CC[C@]2(CO2)C(C2(C)O[C@@H]2CC=C(C)C)C1OC)C(=O)NCC(C)O)C(C)C. The van der Waals surface area contributed by atoms with E-state index in [4.69, 9.17) is 18.9 Å². The van der Waals surface area contributed by atoms with Gasteiger partial charge >= 0.3 is 6.09 Å².